The molecule has 5 nitrogen and oxygen atoms in total. The molecule has 1 aliphatic heterocycles. The lowest BCUT2D eigenvalue weighted by atomic mass is 9.92. The molecule has 102 valence electrons. The van der Waals surface area contributed by atoms with E-state index in [1.165, 1.54) is 0 Å². The Hall–Kier alpha value is -1.54. The van der Waals surface area contributed by atoms with Gasteiger partial charge in [-0.2, -0.15) is 5.26 Å². The maximum absolute atomic E-state index is 11.7. The topological polar surface area (TPSA) is 68.5 Å². The Balaban J connectivity index is 1.54. The van der Waals surface area contributed by atoms with Gasteiger partial charge >= 0.3 is 6.16 Å². The largest absolute Gasteiger partial charge is 0.510 e. The number of hydrogen-bond donors (Lipinski definition) is 0. The Morgan fingerprint density at radius 2 is 2.11 bits per heavy atom. The van der Waals surface area contributed by atoms with Crippen LogP contribution in [0.2, 0.25) is 0 Å². The summed E-state index contributed by atoms with van der Waals surface area (Å²) in [6.45, 7) is 0.621. The Bertz CT molecular complexity index is 422. The number of rotatable bonds is 2. The fraction of sp³-hybridized carbons (Fsp3) is 0.714. The molecule has 1 saturated carbocycles. The molecule has 1 heterocycles. The van der Waals surface area contributed by atoms with E-state index in [1.807, 2.05) is 12.2 Å². The van der Waals surface area contributed by atoms with E-state index in [-0.39, 0.29) is 23.9 Å². The molecule has 0 N–H and O–H groups in total. The molecule has 1 saturated heterocycles. The minimum absolute atomic E-state index is 0.162. The third kappa shape index (κ3) is 2.45. The Morgan fingerprint density at radius 1 is 1.26 bits per heavy atom. The summed E-state index contributed by atoms with van der Waals surface area (Å²) in [4.78, 5) is 11.7. The highest BCUT2D eigenvalue weighted by Gasteiger charge is 2.47. The minimum Gasteiger partial charge on any atom is -0.429 e. The lowest BCUT2D eigenvalue weighted by Crippen LogP contribution is -2.33. The maximum atomic E-state index is 11.7. The van der Waals surface area contributed by atoms with Gasteiger partial charge in [-0.25, -0.2) is 4.79 Å². The van der Waals surface area contributed by atoms with E-state index in [0.29, 0.717) is 13.0 Å². The van der Waals surface area contributed by atoms with E-state index >= 15 is 0 Å². The number of hydrogen-bond acceptors (Lipinski definition) is 5. The molecule has 5 heteroatoms. The summed E-state index contributed by atoms with van der Waals surface area (Å²) in [7, 11) is 0. The predicted octanol–water partition coefficient (Wildman–Crippen LogP) is 2.38. The average Bonchev–Trinajstić information content (AvgIpc) is 3.00. The third-order valence-corrected chi connectivity index (χ3v) is 4.13. The van der Waals surface area contributed by atoms with Crippen molar-refractivity contribution < 1.29 is 19.0 Å². The Morgan fingerprint density at radius 3 is 2.84 bits per heavy atom. The van der Waals surface area contributed by atoms with Crippen molar-refractivity contribution in [1.82, 2.24) is 0 Å². The predicted molar refractivity (Wildman–Crippen MR) is 64.8 cm³/mol. The monoisotopic (exact) mass is 263 g/mol. The number of nitriles is 1. The second-order valence-corrected chi connectivity index (χ2v) is 5.35. The van der Waals surface area contributed by atoms with Crippen LogP contribution in [-0.4, -0.2) is 25.2 Å². The van der Waals surface area contributed by atoms with Crippen LogP contribution in [0.25, 0.3) is 0 Å². The van der Waals surface area contributed by atoms with Crippen molar-refractivity contribution in [3.63, 3.8) is 0 Å². The maximum Gasteiger partial charge on any atom is 0.510 e. The smallest absolute Gasteiger partial charge is 0.429 e. The van der Waals surface area contributed by atoms with E-state index < -0.39 is 12.4 Å². The molecule has 0 aromatic carbocycles. The zero-order valence-electron chi connectivity index (χ0n) is 10.7. The van der Waals surface area contributed by atoms with Gasteiger partial charge in [0.1, 0.15) is 6.10 Å². The first kappa shape index (κ1) is 12.5. The summed E-state index contributed by atoms with van der Waals surface area (Å²) in [6, 6.07) is 2.24. The van der Waals surface area contributed by atoms with E-state index in [2.05, 4.69) is 6.07 Å². The van der Waals surface area contributed by atoms with Crippen LogP contribution in [-0.2, 0) is 14.2 Å². The quantitative estimate of drug-likeness (QED) is 0.565. The summed E-state index contributed by atoms with van der Waals surface area (Å²) in [5.41, 5.74) is 0. The standard InChI is InChI=1S/C14H17NO4/c15-8-11-9-4-5-10(7-9)13(11)19-14(16)18-12-3-1-2-6-17-12/h4-5,9-13H,1-3,6-7H2. The van der Waals surface area contributed by atoms with Crippen LogP contribution >= 0.6 is 0 Å². The summed E-state index contributed by atoms with van der Waals surface area (Å²) >= 11 is 0. The summed E-state index contributed by atoms with van der Waals surface area (Å²) in [6.07, 6.45) is 6.13. The highest BCUT2D eigenvalue weighted by molar-refractivity contribution is 5.60. The van der Waals surface area contributed by atoms with Crippen molar-refractivity contribution in [2.24, 2.45) is 17.8 Å². The molecule has 0 aromatic heterocycles. The van der Waals surface area contributed by atoms with Gasteiger partial charge in [0.25, 0.3) is 0 Å². The number of carbonyl (C=O) groups is 1. The van der Waals surface area contributed by atoms with E-state index in [0.717, 1.165) is 19.3 Å². The number of nitrogens with zero attached hydrogens (tertiary/aromatic N) is 1. The molecule has 0 spiro atoms. The molecule has 2 bridgehead atoms. The normalized spacial score (nSPS) is 39.8. The molecule has 0 amide bonds. The molecule has 2 fully saturated rings. The highest BCUT2D eigenvalue weighted by Crippen LogP contribution is 2.45. The van der Waals surface area contributed by atoms with Gasteiger partial charge < -0.3 is 14.2 Å². The van der Waals surface area contributed by atoms with Crippen molar-refractivity contribution in [2.75, 3.05) is 6.61 Å². The number of carbonyl (C=O) groups excluding carboxylic acids is 1. The van der Waals surface area contributed by atoms with Crippen molar-refractivity contribution in [3.8, 4) is 6.07 Å². The van der Waals surface area contributed by atoms with Gasteiger partial charge in [-0.05, 0) is 25.2 Å². The number of fused-ring (bicyclic) bond motifs is 2. The SMILES string of the molecule is N#CC1C2C=CC(C2)C1OC(=O)OC1CCCCO1. The fourth-order valence-electron chi connectivity index (χ4n) is 3.16. The van der Waals surface area contributed by atoms with Crippen LogP contribution in [0, 0.1) is 29.1 Å². The molecule has 3 rings (SSSR count). The van der Waals surface area contributed by atoms with Crippen LogP contribution in [0.15, 0.2) is 12.2 Å². The van der Waals surface area contributed by atoms with Gasteiger partial charge in [0.2, 0.25) is 6.29 Å². The molecule has 0 radical (unpaired) electrons. The highest BCUT2D eigenvalue weighted by atomic mass is 16.8. The molecule has 0 aromatic rings. The summed E-state index contributed by atoms with van der Waals surface area (Å²) in [5, 5.41) is 9.15. The molecule has 3 aliphatic rings. The Kier molecular flexibility index (Phi) is 3.43. The van der Waals surface area contributed by atoms with E-state index in [9.17, 15) is 4.79 Å². The molecular formula is C14H17NO4. The summed E-state index contributed by atoms with van der Waals surface area (Å²) < 4.78 is 15.8. The van der Waals surface area contributed by atoms with Gasteiger partial charge in [0.05, 0.1) is 18.6 Å². The number of allylic oxidation sites excluding steroid dienone is 1. The zero-order chi connectivity index (χ0) is 13.2. The minimum atomic E-state index is -0.710. The van der Waals surface area contributed by atoms with Crippen molar-refractivity contribution in [1.29, 1.82) is 5.26 Å². The first-order valence-corrected chi connectivity index (χ1v) is 6.85. The van der Waals surface area contributed by atoms with Gasteiger partial charge in [0, 0.05) is 12.3 Å². The lowest BCUT2D eigenvalue weighted by molar-refractivity contribution is -0.148. The van der Waals surface area contributed by atoms with Gasteiger partial charge in [0.15, 0.2) is 0 Å². The second kappa shape index (κ2) is 5.22. The fourth-order valence-corrected chi connectivity index (χ4v) is 3.16. The first-order chi connectivity index (χ1) is 9.28. The van der Waals surface area contributed by atoms with Crippen LogP contribution in [0.5, 0.6) is 0 Å². The van der Waals surface area contributed by atoms with Crippen molar-refractivity contribution in [2.45, 2.75) is 38.1 Å². The molecular weight excluding hydrogens is 246 g/mol. The van der Waals surface area contributed by atoms with E-state index in [1.54, 1.807) is 0 Å². The third-order valence-electron chi connectivity index (χ3n) is 4.13. The average molecular weight is 263 g/mol. The second-order valence-electron chi connectivity index (χ2n) is 5.35. The summed E-state index contributed by atoms with van der Waals surface area (Å²) in [5.74, 6) is 0.142. The molecule has 5 unspecified atom stereocenters. The Labute approximate surface area is 112 Å². The molecule has 2 aliphatic carbocycles. The van der Waals surface area contributed by atoms with Crippen LogP contribution < -0.4 is 0 Å². The molecule has 19 heavy (non-hydrogen) atoms. The van der Waals surface area contributed by atoms with Gasteiger partial charge in [-0.3, -0.25) is 0 Å². The van der Waals surface area contributed by atoms with Crippen molar-refractivity contribution in [3.05, 3.63) is 12.2 Å². The van der Waals surface area contributed by atoms with Crippen LogP contribution in [0.4, 0.5) is 4.79 Å². The first-order valence-electron chi connectivity index (χ1n) is 6.85. The van der Waals surface area contributed by atoms with Crippen LogP contribution in [0.1, 0.15) is 25.7 Å². The lowest BCUT2D eigenvalue weighted by Gasteiger charge is -2.25. The molecule has 5 atom stereocenters. The zero-order valence-corrected chi connectivity index (χ0v) is 10.7. The van der Waals surface area contributed by atoms with Gasteiger partial charge in [-0.15, -0.1) is 0 Å². The number of ether oxygens (including phenoxy) is 3. The van der Waals surface area contributed by atoms with Gasteiger partial charge in [-0.1, -0.05) is 12.2 Å². The van der Waals surface area contributed by atoms with Crippen LogP contribution in [0.3, 0.4) is 0 Å². The van der Waals surface area contributed by atoms with Crippen molar-refractivity contribution >= 4 is 6.16 Å². The van der Waals surface area contributed by atoms with E-state index in [4.69, 9.17) is 19.5 Å².